The number of benzene rings is 2. The molecule has 9 nitrogen and oxygen atoms in total. The van der Waals surface area contributed by atoms with Gasteiger partial charge in [-0.3, -0.25) is 4.79 Å². The molecule has 178 valence electrons. The number of rotatable bonds is 8. The molecule has 0 saturated heterocycles. The van der Waals surface area contributed by atoms with Gasteiger partial charge in [0.05, 0.1) is 29.3 Å². The number of halogens is 2. The largest absolute Gasteiger partial charge is 0.491 e. The first-order valence-electron chi connectivity index (χ1n) is 9.79. The molecule has 33 heavy (non-hydrogen) atoms. The highest BCUT2D eigenvalue weighted by atomic mass is 35.5. The number of hydrogen-bond donors (Lipinski definition) is 2. The van der Waals surface area contributed by atoms with Crippen LogP contribution in [0.2, 0.25) is 5.02 Å². The second-order valence-corrected chi connectivity index (χ2v) is 10.0. The fourth-order valence-corrected chi connectivity index (χ4v) is 5.32. The van der Waals surface area contributed by atoms with E-state index in [1.54, 1.807) is 13.8 Å². The second kappa shape index (κ2) is 9.86. The topological polar surface area (TPSA) is 130 Å². The van der Waals surface area contributed by atoms with Crippen LogP contribution in [0.1, 0.15) is 51.6 Å². The molecule has 1 amide bonds. The molecule has 1 unspecified atom stereocenters. The molecule has 0 radical (unpaired) electrons. The first-order chi connectivity index (χ1) is 15.5. The number of sulfonamides is 1. The molecule has 0 fully saturated rings. The van der Waals surface area contributed by atoms with Crippen molar-refractivity contribution in [3.8, 4) is 5.75 Å². The monoisotopic (exact) mass is 517 g/mol. The Hall–Kier alpha value is -2.37. The van der Waals surface area contributed by atoms with E-state index in [0.29, 0.717) is 9.87 Å². The third-order valence-corrected chi connectivity index (χ3v) is 7.41. The van der Waals surface area contributed by atoms with Crippen LogP contribution in [0.3, 0.4) is 0 Å². The highest BCUT2D eigenvalue weighted by molar-refractivity contribution is 7.90. The zero-order chi connectivity index (χ0) is 24.5. The Kier molecular flexibility index (Phi) is 7.55. The van der Waals surface area contributed by atoms with Crippen molar-refractivity contribution < 1.29 is 37.2 Å². The van der Waals surface area contributed by atoms with E-state index >= 15 is 0 Å². The molecule has 1 heterocycles. The van der Waals surface area contributed by atoms with Crippen molar-refractivity contribution in [2.75, 3.05) is 13.2 Å². The molecule has 1 aliphatic rings. The normalized spacial score (nSPS) is 15.5. The van der Waals surface area contributed by atoms with Gasteiger partial charge in [0.2, 0.25) is 0 Å². The van der Waals surface area contributed by atoms with Gasteiger partial charge in [-0.1, -0.05) is 37.6 Å². The van der Waals surface area contributed by atoms with Gasteiger partial charge in [-0.2, -0.15) is 0 Å². The summed E-state index contributed by atoms with van der Waals surface area (Å²) < 4.78 is 36.9. The van der Waals surface area contributed by atoms with Crippen LogP contribution in [0.5, 0.6) is 5.75 Å². The van der Waals surface area contributed by atoms with Crippen LogP contribution in [-0.2, 0) is 20.9 Å². The van der Waals surface area contributed by atoms with Crippen molar-refractivity contribution in [1.29, 1.82) is 0 Å². The van der Waals surface area contributed by atoms with E-state index in [0.717, 1.165) is 0 Å². The van der Waals surface area contributed by atoms with E-state index < -0.39 is 41.2 Å². The summed E-state index contributed by atoms with van der Waals surface area (Å²) in [4.78, 5) is 24.8. The summed E-state index contributed by atoms with van der Waals surface area (Å²) in [5, 5.41) is 18.4. The molecule has 2 N–H and O–H groups in total. The molecule has 12 heteroatoms. The molecule has 0 bridgehead atoms. The summed E-state index contributed by atoms with van der Waals surface area (Å²) >= 11 is 11.4. The van der Waals surface area contributed by atoms with Gasteiger partial charge in [0.15, 0.2) is 0 Å². The number of ether oxygens (including phenoxy) is 1. The van der Waals surface area contributed by atoms with Gasteiger partial charge in [0.1, 0.15) is 35.2 Å². The van der Waals surface area contributed by atoms with Gasteiger partial charge in [-0.15, -0.1) is 0 Å². The number of carbonyl (C=O) groups is 2. The molecular formula is C21H21Cl2NO8S. The van der Waals surface area contributed by atoms with Gasteiger partial charge in [0, 0.05) is 6.07 Å². The first kappa shape index (κ1) is 25.3. The van der Waals surface area contributed by atoms with E-state index in [1.165, 1.54) is 30.3 Å². The van der Waals surface area contributed by atoms with Crippen molar-refractivity contribution >= 4 is 45.4 Å². The molecule has 2 aromatic rings. The summed E-state index contributed by atoms with van der Waals surface area (Å²) in [6.45, 7) is 2.38. The first-order valence-corrected chi connectivity index (χ1v) is 11.9. The Morgan fingerprint density at radius 1 is 1.24 bits per heavy atom. The molecule has 1 aliphatic heterocycles. The lowest BCUT2D eigenvalue weighted by atomic mass is 9.96. The zero-order valence-corrected chi connectivity index (χ0v) is 19.9. The zero-order valence-electron chi connectivity index (χ0n) is 17.6. The van der Waals surface area contributed by atoms with E-state index in [2.05, 4.69) is 4.29 Å². The van der Waals surface area contributed by atoms with Crippen LogP contribution in [0, 0.1) is 0 Å². The molecule has 2 aromatic carbocycles. The van der Waals surface area contributed by atoms with Crippen LogP contribution in [0.25, 0.3) is 0 Å². The lowest BCUT2D eigenvalue weighted by molar-refractivity contribution is 0.0535. The highest BCUT2D eigenvalue weighted by Crippen LogP contribution is 2.40. The summed E-state index contributed by atoms with van der Waals surface area (Å²) in [6.07, 6.45) is -1.15. The number of hydrogen-bond acceptors (Lipinski definition) is 8. The van der Waals surface area contributed by atoms with Crippen molar-refractivity contribution in [1.82, 2.24) is 4.31 Å². The van der Waals surface area contributed by atoms with Gasteiger partial charge in [-0.05, 0) is 29.2 Å². The average Bonchev–Trinajstić information content (AvgIpc) is 2.97. The standard InChI is InChI=1S/C21H21Cl2NO8S/c1-11(2)16-6-14(31-10-13(26)9-25)7-17-18(16)20(27)24(33(17,29)30)8-12-4-3-5-15(19(12)22)21(28)32-23/h3-7,11,13,25-26H,8-10H2,1-2H3. The van der Waals surface area contributed by atoms with Crippen LogP contribution in [0.15, 0.2) is 35.2 Å². The van der Waals surface area contributed by atoms with Gasteiger partial charge in [-0.25, -0.2) is 17.5 Å². The number of amides is 1. The lowest BCUT2D eigenvalue weighted by Crippen LogP contribution is -2.30. The summed E-state index contributed by atoms with van der Waals surface area (Å²) in [5.74, 6) is -1.75. The smallest absolute Gasteiger partial charge is 0.357 e. The average molecular weight is 518 g/mol. The predicted octanol–water partition coefficient (Wildman–Crippen LogP) is 2.85. The van der Waals surface area contributed by atoms with Crippen molar-refractivity contribution in [3.63, 3.8) is 0 Å². The molecular weight excluding hydrogens is 497 g/mol. The van der Waals surface area contributed by atoms with E-state index in [1.807, 2.05) is 0 Å². The van der Waals surface area contributed by atoms with Crippen molar-refractivity contribution in [2.24, 2.45) is 0 Å². The third kappa shape index (κ3) is 4.80. The number of nitrogens with zero attached hydrogens (tertiary/aromatic N) is 1. The van der Waals surface area contributed by atoms with Gasteiger partial charge in [0.25, 0.3) is 15.9 Å². The third-order valence-electron chi connectivity index (χ3n) is 5.07. The summed E-state index contributed by atoms with van der Waals surface area (Å²) in [5.41, 5.74) is 0.594. The highest BCUT2D eigenvalue weighted by Gasteiger charge is 2.44. The molecule has 1 atom stereocenters. The van der Waals surface area contributed by atoms with Gasteiger partial charge < -0.3 is 19.2 Å². The minimum Gasteiger partial charge on any atom is -0.491 e. The van der Waals surface area contributed by atoms with Gasteiger partial charge >= 0.3 is 5.97 Å². The predicted molar refractivity (Wildman–Crippen MR) is 119 cm³/mol. The van der Waals surface area contributed by atoms with Crippen LogP contribution in [0.4, 0.5) is 0 Å². The van der Waals surface area contributed by atoms with Crippen molar-refractivity contribution in [3.05, 3.63) is 57.6 Å². The quantitative estimate of drug-likeness (QED) is 0.546. The minimum absolute atomic E-state index is 0.0208. The van der Waals surface area contributed by atoms with Crippen LogP contribution < -0.4 is 4.74 Å². The number of carbonyl (C=O) groups excluding carboxylic acids is 2. The van der Waals surface area contributed by atoms with Crippen LogP contribution in [-0.4, -0.2) is 54.1 Å². The maximum absolute atomic E-state index is 13.3. The fourth-order valence-electron chi connectivity index (χ4n) is 3.39. The Labute approximate surface area is 200 Å². The lowest BCUT2D eigenvalue weighted by Gasteiger charge is -2.17. The number of fused-ring (bicyclic) bond motifs is 1. The van der Waals surface area contributed by atoms with E-state index in [9.17, 15) is 23.1 Å². The SMILES string of the molecule is CC(C)c1cc(OCC(O)CO)cc2c1C(=O)N(Cc1cccc(C(=O)OCl)c1Cl)S2(=O)=O. The Morgan fingerprint density at radius 2 is 1.94 bits per heavy atom. The Morgan fingerprint density at radius 3 is 2.55 bits per heavy atom. The van der Waals surface area contributed by atoms with Crippen LogP contribution >= 0.6 is 23.5 Å². The maximum Gasteiger partial charge on any atom is 0.357 e. The molecule has 0 spiro atoms. The summed E-state index contributed by atoms with van der Waals surface area (Å²) in [7, 11) is -4.28. The summed E-state index contributed by atoms with van der Waals surface area (Å²) in [6, 6.07) is 7.04. The number of aliphatic hydroxyl groups excluding tert-OH is 2. The second-order valence-electron chi connectivity index (χ2n) is 7.65. The molecule has 0 aliphatic carbocycles. The fraction of sp³-hybridized carbons (Fsp3) is 0.333. The minimum atomic E-state index is -4.28. The molecule has 3 rings (SSSR count). The maximum atomic E-state index is 13.3. The molecule has 0 saturated carbocycles. The Bertz CT molecular complexity index is 1200. The van der Waals surface area contributed by atoms with Crippen molar-refractivity contribution in [2.45, 2.75) is 37.3 Å². The Balaban J connectivity index is 2.04. The van der Waals surface area contributed by atoms with E-state index in [4.69, 9.17) is 33.3 Å². The van der Waals surface area contributed by atoms with E-state index in [-0.39, 0.29) is 44.9 Å². The number of aliphatic hydroxyl groups is 2. The molecule has 0 aromatic heterocycles.